The number of phenolic OH excluding ortho intramolecular Hbond substituents is 1. The van der Waals surface area contributed by atoms with Crippen LogP contribution in [0.15, 0.2) is 12.1 Å². The van der Waals surface area contributed by atoms with Crippen molar-refractivity contribution in [1.82, 2.24) is 4.90 Å². The highest BCUT2D eigenvalue weighted by molar-refractivity contribution is 5.39. The number of hydrogen-bond donors (Lipinski definition) is 4. The maximum atomic E-state index is 13.7. The zero-order chi connectivity index (χ0) is 14.3. The van der Waals surface area contributed by atoms with Crippen LogP contribution in [-0.4, -0.2) is 57.2 Å². The molecule has 0 amide bonds. The van der Waals surface area contributed by atoms with E-state index in [4.69, 9.17) is 0 Å². The van der Waals surface area contributed by atoms with Crippen molar-refractivity contribution in [1.29, 1.82) is 0 Å². The first-order chi connectivity index (χ1) is 8.88. The molecule has 0 aliphatic carbocycles. The Morgan fingerprint density at radius 2 is 1.89 bits per heavy atom. The molecule has 19 heavy (non-hydrogen) atoms. The molecular weight excluding hydrogens is 253 g/mol. The predicted molar refractivity (Wildman–Crippen MR) is 66.2 cm³/mol. The van der Waals surface area contributed by atoms with Gasteiger partial charge in [-0.15, -0.1) is 0 Å². The maximum absolute atomic E-state index is 13.7. The average Bonchev–Trinajstić information content (AvgIpc) is 2.57. The van der Waals surface area contributed by atoms with Crippen LogP contribution in [-0.2, 0) is 0 Å². The summed E-state index contributed by atoms with van der Waals surface area (Å²) in [4.78, 5) is 1.58. The summed E-state index contributed by atoms with van der Waals surface area (Å²) in [6.45, 7) is 1.14. The number of halogens is 1. The monoisotopic (exact) mass is 271 g/mol. The zero-order valence-corrected chi connectivity index (χ0v) is 10.8. The summed E-state index contributed by atoms with van der Waals surface area (Å²) >= 11 is 0. The Bertz CT molecular complexity index is 459. The topological polar surface area (TPSA) is 84.2 Å². The van der Waals surface area contributed by atoms with Gasteiger partial charge in [-0.1, -0.05) is 0 Å². The molecule has 6 heteroatoms. The molecule has 0 spiro atoms. The molecule has 1 saturated heterocycles. The first kappa shape index (κ1) is 14.2. The van der Waals surface area contributed by atoms with Gasteiger partial charge in [0.05, 0.1) is 24.8 Å². The number of aliphatic hydroxyl groups is 3. The van der Waals surface area contributed by atoms with Gasteiger partial charge in [0.15, 0.2) is 0 Å². The van der Waals surface area contributed by atoms with Crippen molar-refractivity contribution in [2.75, 3.05) is 13.7 Å². The third-order valence-electron chi connectivity index (χ3n) is 3.90. The van der Waals surface area contributed by atoms with Crippen molar-refractivity contribution in [3.63, 3.8) is 0 Å². The second-order valence-corrected chi connectivity index (χ2v) is 4.99. The lowest BCUT2D eigenvalue weighted by molar-refractivity contribution is 0.0183. The van der Waals surface area contributed by atoms with E-state index < -0.39 is 30.1 Å². The van der Waals surface area contributed by atoms with E-state index in [9.17, 15) is 24.8 Å². The Labute approximate surface area is 110 Å². The van der Waals surface area contributed by atoms with Gasteiger partial charge in [-0.25, -0.2) is 4.39 Å². The summed E-state index contributed by atoms with van der Waals surface area (Å²) in [5, 5.41) is 38.7. The first-order valence-electron chi connectivity index (χ1n) is 6.06. The molecule has 0 radical (unpaired) electrons. The summed E-state index contributed by atoms with van der Waals surface area (Å²) < 4.78 is 13.7. The highest BCUT2D eigenvalue weighted by Crippen LogP contribution is 2.37. The van der Waals surface area contributed by atoms with E-state index in [0.29, 0.717) is 5.56 Å². The Morgan fingerprint density at radius 3 is 2.37 bits per heavy atom. The summed E-state index contributed by atoms with van der Waals surface area (Å²) in [6, 6.07) is 1.31. The molecule has 1 aromatic carbocycles. The molecule has 0 bridgehead atoms. The number of hydrogen-bond acceptors (Lipinski definition) is 5. The summed E-state index contributed by atoms with van der Waals surface area (Å²) in [7, 11) is 1.62. The van der Waals surface area contributed by atoms with E-state index in [-0.39, 0.29) is 17.9 Å². The predicted octanol–water partition coefficient (Wildman–Crippen LogP) is -0.0911. The Kier molecular flexibility index (Phi) is 3.78. The molecule has 4 atom stereocenters. The van der Waals surface area contributed by atoms with E-state index in [0.717, 1.165) is 0 Å². The second-order valence-electron chi connectivity index (χ2n) is 4.99. The van der Waals surface area contributed by atoms with Crippen LogP contribution in [0, 0.1) is 12.7 Å². The van der Waals surface area contributed by atoms with E-state index >= 15 is 0 Å². The molecule has 1 unspecified atom stereocenters. The van der Waals surface area contributed by atoms with E-state index in [1.54, 1.807) is 11.9 Å². The average molecular weight is 271 g/mol. The largest absolute Gasteiger partial charge is 0.508 e. The van der Waals surface area contributed by atoms with Gasteiger partial charge in [0, 0.05) is 5.56 Å². The molecule has 1 aromatic rings. The Hall–Kier alpha value is -1.21. The van der Waals surface area contributed by atoms with Gasteiger partial charge >= 0.3 is 0 Å². The third-order valence-corrected chi connectivity index (χ3v) is 3.90. The van der Waals surface area contributed by atoms with E-state index in [1.165, 1.54) is 19.1 Å². The maximum Gasteiger partial charge on any atom is 0.130 e. The normalized spacial score (nSPS) is 31.9. The number of nitrogens with zero attached hydrogens (tertiary/aromatic N) is 1. The quantitative estimate of drug-likeness (QED) is 0.604. The molecule has 1 heterocycles. The minimum Gasteiger partial charge on any atom is -0.508 e. The van der Waals surface area contributed by atoms with Crippen molar-refractivity contribution >= 4 is 0 Å². The first-order valence-corrected chi connectivity index (χ1v) is 6.06. The SMILES string of the molecule is Cc1c(O)cc([C@@H]2[C@@H](O)[C@H](O)C(CO)N2C)cc1F. The number of benzene rings is 1. The van der Waals surface area contributed by atoms with Gasteiger partial charge in [-0.3, -0.25) is 4.90 Å². The molecule has 5 nitrogen and oxygen atoms in total. The van der Waals surface area contributed by atoms with Gasteiger partial charge in [-0.05, 0) is 31.7 Å². The molecule has 4 N–H and O–H groups in total. The number of likely N-dealkylation sites (tertiary alicyclic amines) is 1. The lowest BCUT2D eigenvalue weighted by Crippen LogP contribution is -2.37. The van der Waals surface area contributed by atoms with E-state index in [1.807, 2.05) is 0 Å². The van der Waals surface area contributed by atoms with Crippen LogP contribution < -0.4 is 0 Å². The third kappa shape index (κ3) is 2.21. The van der Waals surface area contributed by atoms with Crippen molar-refractivity contribution in [2.45, 2.75) is 31.2 Å². The fourth-order valence-electron chi connectivity index (χ4n) is 2.63. The lowest BCUT2D eigenvalue weighted by Gasteiger charge is -2.25. The molecule has 106 valence electrons. The molecule has 1 aliphatic heterocycles. The fourth-order valence-corrected chi connectivity index (χ4v) is 2.63. The van der Waals surface area contributed by atoms with Crippen molar-refractivity contribution in [3.05, 3.63) is 29.1 Å². The number of aliphatic hydroxyl groups excluding tert-OH is 3. The molecule has 2 rings (SSSR count). The van der Waals surface area contributed by atoms with Crippen LogP contribution in [0.1, 0.15) is 17.2 Å². The highest BCUT2D eigenvalue weighted by atomic mass is 19.1. The number of phenols is 1. The number of rotatable bonds is 2. The van der Waals surface area contributed by atoms with Crippen LogP contribution in [0.5, 0.6) is 5.75 Å². The van der Waals surface area contributed by atoms with Crippen LogP contribution in [0.25, 0.3) is 0 Å². The minimum atomic E-state index is -1.15. The molecule has 0 aromatic heterocycles. The second kappa shape index (κ2) is 5.05. The van der Waals surface area contributed by atoms with Crippen LogP contribution in [0.3, 0.4) is 0 Å². The van der Waals surface area contributed by atoms with Gasteiger partial charge in [0.25, 0.3) is 0 Å². The Morgan fingerprint density at radius 1 is 1.26 bits per heavy atom. The minimum absolute atomic E-state index is 0.137. The van der Waals surface area contributed by atoms with Crippen molar-refractivity contribution in [2.24, 2.45) is 0 Å². The standard InChI is InChI=1S/C13H18FNO4/c1-6-8(14)3-7(4-10(6)17)11-13(19)12(18)9(5-16)15(11)2/h3-4,9,11-13,16-19H,5H2,1-2H3/t9?,11-,12-,13-/m1/s1. The van der Waals surface area contributed by atoms with Gasteiger partial charge in [0.2, 0.25) is 0 Å². The van der Waals surface area contributed by atoms with Crippen molar-refractivity contribution < 1.29 is 24.8 Å². The molecule has 0 saturated carbocycles. The van der Waals surface area contributed by atoms with Crippen LogP contribution in [0.4, 0.5) is 4.39 Å². The van der Waals surface area contributed by atoms with Gasteiger partial charge in [0.1, 0.15) is 17.7 Å². The highest BCUT2D eigenvalue weighted by Gasteiger charge is 2.46. The summed E-state index contributed by atoms with van der Waals surface area (Å²) in [5.41, 5.74) is 0.503. The van der Waals surface area contributed by atoms with Gasteiger partial charge in [-0.2, -0.15) is 0 Å². The van der Waals surface area contributed by atoms with Gasteiger partial charge < -0.3 is 20.4 Å². The summed E-state index contributed by atoms with van der Waals surface area (Å²) in [6.07, 6.45) is -2.27. The van der Waals surface area contributed by atoms with Crippen molar-refractivity contribution in [3.8, 4) is 5.75 Å². The molecule has 1 aliphatic rings. The molecule has 1 fully saturated rings. The Balaban J connectivity index is 2.42. The number of likely N-dealkylation sites (N-methyl/N-ethyl adjacent to an activating group) is 1. The lowest BCUT2D eigenvalue weighted by atomic mass is 9.99. The summed E-state index contributed by atoms with van der Waals surface area (Å²) in [5.74, 6) is -0.768. The number of aromatic hydroxyl groups is 1. The fraction of sp³-hybridized carbons (Fsp3) is 0.538. The van der Waals surface area contributed by atoms with Crippen LogP contribution in [0.2, 0.25) is 0 Å². The van der Waals surface area contributed by atoms with Crippen LogP contribution >= 0.6 is 0 Å². The zero-order valence-electron chi connectivity index (χ0n) is 10.8. The van der Waals surface area contributed by atoms with E-state index in [2.05, 4.69) is 0 Å². The molecular formula is C13H18FNO4. The smallest absolute Gasteiger partial charge is 0.130 e.